The zero-order valence-electron chi connectivity index (χ0n) is 31.5. The van der Waals surface area contributed by atoms with Gasteiger partial charge in [-0.3, -0.25) is 9.13 Å². The molecule has 0 spiro atoms. The van der Waals surface area contributed by atoms with Crippen molar-refractivity contribution in [3.05, 3.63) is 188 Å². The van der Waals surface area contributed by atoms with Crippen molar-refractivity contribution in [2.75, 3.05) is 0 Å². The van der Waals surface area contributed by atoms with E-state index in [1.807, 2.05) is 11.8 Å². The second-order valence-electron chi connectivity index (χ2n) is 15.2. The standard InChI is InChI=1S/C53H31N5S/c1-2-15-37(16-3-1)57-44-22-9-8-19-41(44)48-42-21-11-23-47-49(42)58(53(48)57)45-31-36(28-29-46(45)59-47)51-54-50(55-52(56-51)40-20-10-14-32-12-4-6-17-38(32)40)35-27-26-34-25-24-33-13-5-7-18-39(33)43(34)30-35/h1-31H. The normalized spacial score (nSPS) is 12.3. The van der Waals surface area contributed by atoms with E-state index in [4.69, 9.17) is 15.0 Å². The van der Waals surface area contributed by atoms with Crippen molar-refractivity contribution in [1.29, 1.82) is 0 Å². The van der Waals surface area contributed by atoms with Gasteiger partial charge in [0, 0.05) is 48.3 Å². The molecule has 5 nitrogen and oxygen atoms in total. The quantitative estimate of drug-likeness (QED) is 0.167. The van der Waals surface area contributed by atoms with Gasteiger partial charge in [0.15, 0.2) is 17.5 Å². The smallest absolute Gasteiger partial charge is 0.164 e. The number of para-hydroxylation sites is 3. The summed E-state index contributed by atoms with van der Waals surface area (Å²) in [6.45, 7) is 0. The first-order chi connectivity index (χ1) is 29.2. The minimum Gasteiger partial charge on any atom is -0.295 e. The van der Waals surface area contributed by atoms with E-state index in [-0.39, 0.29) is 0 Å². The maximum Gasteiger partial charge on any atom is 0.164 e. The lowest BCUT2D eigenvalue weighted by molar-refractivity contribution is 1.02. The van der Waals surface area contributed by atoms with Crippen molar-refractivity contribution in [3.8, 4) is 45.5 Å². The Morgan fingerprint density at radius 2 is 1.00 bits per heavy atom. The monoisotopic (exact) mass is 769 g/mol. The fourth-order valence-corrected chi connectivity index (χ4v) is 10.3. The van der Waals surface area contributed by atoms with E-state index in [2.05, 4.69) is 197 Å². The maximum atomic E-state index is 5.31. The molecule has 12 aromatic rings. The van der Waals surface area contributed by atoms with Crippen molar-refractivity contribution >= 4 is 76.9 Å². The van der Waals surface area contributed by atoms with E-state index in [1.54, 1.807) is 0 Å². The van der Waals surface area contributed by atoms with Gasteiger partial charge >= 0.3 is 0 Å². The maximum absolute atomic E-state index is 5.31. The Morgan fingerprint density at radius 3 is 1.85 bits per heavy atom. The van der Waals surface area contributed by atoms with Crippen LogP contribution in [0.1, 0.15) is 0 Å². The molecule has 59 heavy (non-hydrogen) atoms. The number of fused-ring (bicyclic) bond motifs is 11. The fraction of sp³-hybridized carbons (Fsp3) is 0. The number of benzene rings is 9. The van der Waals surface area contributed by atoms with E-state index < -0.39 is 0 Å². The molecule has 9 aromatic carbocycles. The Bertz CT molecular complexity index is 3710. The van der Waals surface area contributed by atoms with Crippen molar-refractivity contribution in [2.45, 2.75) is 9.79 Å². The Morgan fingerprint density at radius 1 is 0.390 bits per heavy atom. The van der Waals surface area contributed by atoms with Crippen LogP contribution in [0.3, 0.4) is 0 Å². The highest BCUT2D eigenvalue weighted by atomic mass is 32.2. The van der Waals surface area contributed by atoms with Gasteiger partial charge in [0.05, 0.1) is 16.7 Å². The summed E-state index contributed by atoms with van der Waals surface area (Å²) in [5.41, 5.74) is 8.63. The first kappa shape index (κ1) is 32.5. The third-order valence-corrected chi connectivity index (χ3v) is 13.0. The minimum atomic E-state index is 0.630. The summed E-state index contributed by atoms with van der Waals surface area (Å²) in [6.07, 6.45) is 0. The number of rotatable bonds is 4. The number of nitrogens with zero attached hydrogens (tertiary/aromatic N) is 5. The molecule has 1 aliphatic heterocycles. The molecule has 0 N–H and O–H groups in total. The van der Waals surface area contributed by atoms with Crippen molar-refractivity contribution in [1.82, 2.24) is 24.1 Å². The molecular weight excluding hydrogens is 739 g/mol. The van der Waals surface area contributed by atoms with Crippen molar-refractivity contribution in [3.63, 3.8) is 0 Å². The molecule has 0 radical (unpaired) electrons. The van der Waals surface area contributed by atoms with Crippen LogP contribution in [0.5, 0.6) is 0 Å². The topological polar surface area (TPSA) is 48.5 Å². The first-order valence-corrected chi connectivity index (χ1v) is 20.7. The molecule has 3 aromatic heterocycles. The molecule has 4 heterocycles. The molecular formula is C53H31N5S. The molecule has 0 saturated carbocycles. The summed E-state index contributed by atoms with van der Waals surface area (Å²) < 4.78 is 4.90. The Labute approximate surface area is 342 Å². The summed E-state index contributed by atoms with van der Waals surface area (Å²) in [7, 11) is 0. The molecule has 0 unspecified atom stereocenters. The predicted molar refractivity (Wildman–Crippen MR) is 244 cm³/mol. The zero-order valence-corrected chi connectivity index (χ0v) is 32.4. The second-order valence-corrected chi connectivity index (χ2v) is 16.3. The first-order valence-electron chi connectivity index (χ1n) is 19.9. The van der Waals surface area contributed by atoms with Gasteiger partial charge in [-0.2, -0.15) is 0 Å². The zero-order chi connectivity index (χ0) is 38.6. The van der Waals surface area contributed by atoms with Crippen LogP contribution < -0.4 is 0 Å². The van der Waals surface area contributed by atoms with Crippen LogP contribution in [-0.2, 0) is 0 Å². The largest absolute Gasteiger partial charge is 0.295 e. The van der Waals surface area contributed by atoms with E-state index >= 15 is 0 Å². The molecule has 0 amide bonds. The third-order valence-electron chi connectivity index (χ3n) is 11.9. The fourth-order valence-electron chi connectivity index (χ4n) is 9.27. The molecule has 0 atom stereocenters. The van der Waals surface area contributed by atoms with E-state index in [0.717, 1.165) is 44.5 Å². The van der Waals surface area contributed by atoms with Crippen molar-refractivity contribution < 1.29 is 0 Å². The Kier molecular flexibility index (Phi) is 6.88. The van der Waals surface area contributed by atoms with Gasteiger partial charge in [-0.25, -0.2) is 15.0 Å². The minimum absolute atomic E-state index is 0.630. The van der Waals surface area contributed by atoms with Crippen LogP contribution in [0.15, 0.2) is 198 Å². The van der Waals surface area contributed by atoms with Crippen LogP contribution in [0, 0.1) is 0 Å². The molecule has 0 bridgehead atoms. The summed E-state index contributed by atoms with van der Waals surface area (Å²) in [4.78, 5) is 18.3. The Balaban J connectivity index is 1.08. The lowest BCUT2D eigenvalue weighted by Crippen LogP contribution is -2.06. The van der Waals surface area contributed by atoms with Gasteiger partial charge < -0.3 is 0 Å². The Hall–Kier alpha value is -7.54. The molecule has 0 aliphatic carbocycles. The van der Waals surface area contributed by atoms with Gasteiger partial charge in [0.2, 0.25) is 0 Å². The number of hydrogen-bond acceptors (Lipinski definition) is 4. The summed E-state index contributed by atoms with van der Waals surface area (Å²) in [5, 5.41) is 10.8. The highest BCUT2D eigenvalue weighted by molar-refractivity contribution is 7.99. The molecule has 1 aliphatic rings. The summed E-state index contributed by atoms with van der Waals surface area (Å²) >= 11 is 1.82. The van der Waals surface area contributed by atoms with Gasteiger partial charge in [-0.05, 0) is 80.8 Å². The van der Waals surface area contributed by atoms with E-state index in [9.17, 15) is 0 Å². The van der Waals surface area contributed by atoms with E-state index in [1.165, 1.54) is 58.5 Å². The highest BCUT2D eigenvalue weighted by Crippen LogP contribution is 2.50. The molecule has 6 heteroatoms. The van der Waals surface area contributed by atoms with Gasteiger partial charge in [0.25, 0.3) is 0 Å². The number of aromatic nitrogens is 5. The average Bonchev–Trinajstić information content (AvgIpc) is 3.83. The summed E-state index contributed by atoms with van der Waals surface area (Å²) in [5.74, 6) is 1.92. The van der Waals surface area contributed by atoms with Gasteiger partial charge in [-0.15, -0.1) is 0 Å². The number of hydrogen-bond donors (Lipinski definition) is 0. The molecule has 274 valence electrons. The molecule has 13 rings (SSSR count). The average molecular weight is 770 g/mol. The lowest BCUT2D eigenvalue weighted by Gasteiger charge is -2.22. The van der Waals surface area contributed by atoms with Crippen molar-refractivity contribution in [2.24, 2.45) is 0 Å². The highest BCUT2D eigenvalue weighted by Gasteiger charge is 2.28. The van der Waals surface area contributed by atoms with Crippen LogP contribution in [-0.4, -0.2) is 24.1 Å². The summed E-state index contributed by atoms with van der Waals surface area (Å²) in [6, 6.07) is 67.2. The van der Waals surface area contributed by atoms with Crippen LogP contribution >= 0.6 is 11.8 Å². The van der Waals surface area contributed by atoms with Crippen LogP contribution in [0.2, 0.25) is 0 Å². The molecule has 0 fully saturated rings. The lowest BCUT2D eigenvalue weighted by atomic mass is 9.99. The van der Waals surface area contributed by atoms with E-state index in [0.29, 0.717) is 17.5 Å². The second kappa shape index (κ2) is 12.5. The van der Waals surface area contributed by atoms with Crippen LogP contribution in [0.25, 0.3) is 111 Å². The SMILES string of the molecule is c1ccc(-n2c3ccccc3c3c4cccc5c4n(c32)-c2cc(-c3nc(-c4ccc6ccc7ccccc7c6c4)nc(-c4cccc6ccccc46)n3)ccc2S5)cc1. The van der Waals surface area contributed by atoms with Gasteiger partial charge in [-0.1, -0.05) is 151 Å². The molecule has 0 saturated heterocycles. The van der Waals surface area contributed by atoms with Crippen LogP contribution in [0.4, 0.5) is 0 Å². The predicted octanol–water partition coefficient (Wildman–Crippen LogP) is 13.8. The van der Waals surface area contributed by atoms with Gasteiger partial charge in [0.1, 0.15) is 5.65 Å². The third kappa shape index (κ3) is 4.84.